The summed E-state index contributed by atoms with van der Waals surface area (Å²) in [5.41, 5.74) is 1.37. The van der Waals surface area contributed by atoms with Crippen LogP contribution < -0.4 is 5.32 Å². The minimum absolute atomic E-state index is 0.729. The van der Waals surface area contributed by atoms with E-state index in [1.54, 1.807) is 11.3 Å². The maximum atomic E-state index is 3.44. The number of nitrogens with one attached hydrogen (secondary N) is 1. The monoisotopic (exact) mass is 247 g/mol. The van der Waals surface area contributed by atoms with Gasteiger partial charge in [-0.1, -0.05) is 13.8 Å². The molecule has 0 aliphatic heterocycles. The van der Waals surface area contributed by atoms with Gasteiger partial charge in [-0.05, 0) is 45.4 Å². The Bertz CT molecular complexity index is 232. The molecule has 0 atom stereocenters. The number of hydrogen-bond acceptors (Lipinski definition) is 2. The van der Waals surface area contributed by atoms with Gasteiger partial charge in [0.15, 0.2) is 0 Å². The normalized spacial score (nSPS) is 11.0. The fraction of sp³-hybridized carbons (Fsp3) is 0.556. The van der Waals surface area contributed by atoms with Crippen LogP contribution in [0.25, 0.3) is 0 Å². The largest absolute Gasteiger partial charge is 0.312 e. The average molecular weight is 248 g/mol. The van der Waals surface area contributed by atoms with Gasteiger partial charge in [0.05, 0.1) is 3.79 Å². The zero-order chi connectivity index (χ0) is 8.97. The molecule has 1 nitrogen and oxygen atoms in total. The van der Waals surface area contributed by atoms with Crippen molar-refractivity contribution < 1.29 is 0 Å². The van der Waals surface area contributed by atoms with Gasteiger partial charge in [-0.15, -0.1) is 11.3 Å². The molecule has 0 bridgehead atoms. The summed E-state index contributed by atoms with van der Waals surface area (Å²) in [6, 6.07) is 2.16. The van der Waals surface area contributed by atoms with Crippen LogP contribution >= 0.6 is 27.3 Å². The Labute approximate surface area is 86.3 Å². The molecule has 1 aromatic heterocycles. The van der Waals surface area contributed by atoms with Crippen molar-refractivity contribution in [2.75, 3.05) is 6.54 Å². The lowest BCUT2D eigenvalue weighted by atomic mass is 10.2. The minimum atomic E-state index is 0.729. The molecule has 0 unspecified atom stereocenters. The fourth-order valence-electron chi connectivity index (χ4n) is 0.944. The molecule has 0 saturated carbocycles. The van der Waals surface area contributed by atoms with Gasteiger partial charge in [-0.25, -0.2) is 0 Å². The summed E-state index contributed by atoms with van der Waals surface area (Å²) in [7, 11) is 0. The molecule has 0 fully saturated rings. The minimum Gasteiger partial charge on any atom is -0.312 e. The summed E-state index contributed by atoms with van der Waals surface area (Å²) in [6.45, 7) is 6.51. The third-order valence-corrected chi connectivity index (χ3v) is 3.06. The van der Waals surface area contributed by atoms with Crippen LogP contribution in [0.4, 0.5) is 0 Å². The molecule has 3 heteroatoms. The van der Waals surface area contributed by atoms with E-state index >= 15 is 0 Å². The van der Waals surface area contributed by atoms with Crippen molar-refractivity contribution in [3.8, 4) is 0 Å². The van der Waals surface area contributed by atoms with E-state index in [4.69, 9.17) is 0 Å². The highest BCUT2D eigenvalue weighted by atomic mass is 79.9. The van der Waals surface area contributed by atoms with Crippen molar-refractivity contribution in [3.05, 3.63) is 20.8 Å². The van der Waals surface area contributed by atoms with E-state index in [0.29, 0.717) is 0 Å². The first-order valence-electron chi connectivity index (χ1n) is 4.12. The van der Waals surface area contributed by atoms with E-state index in [1.165, 1.54) is 9.35 Å². The molecular formula is C9H14BrNS. The predicted octanol–water partition coefficient (Wildman–Crippen LogP) is 3.26. The second kappa shape index (κ2) is 5.00. The standard InChI is InChI=1S/C9H14BrNS/c1-7(2)4-11-5-8-3-9(10)12-6-8/h3,6-7,11H,4-5H2,1-2H3. The van der Waals surface area contributed by atoms with Gasteiger partial charge in [0, 0.05) is 6.54 Å². The predicted molar refractivity (Wildman–Crippen MR) is 58.6 cm³/mol. The van der Waals surface area contributed by atoms with Crippen LogP contribution in [0.5, 0.6) is 0 Å². The molecule has 0 aromatic carbocycles. The Hall–Kier alpha value is 0.140. The number of halogens is 1. The lowest BCUT2D eigenvalue weighted by Crippen LogP contribution is -2.18. The zero-order valence-electron chi connectivity index (χ0n) is 7.43. The molecule has 0 spiro atoms. The molecule has 1 rings (SSSR count). The summed E-state index contributed by atoms with van der Waals surface area (Å²) in [5, 5.41) is 5.58. The number of thiophene rings is 1. The van der Waals surface area contributed by atoms with E-state index in [1.807, 2.05) is 0 Å². The SMILES string of the molecule is CC(C)CNCc1csc(Br)c1. The smallest absolute Gasteiger partial charge is 0.0701 e. The first-order chi connectivity index (χ1) is 5.68. The molecule has 1 heterocycles. The molecule has 0 radical (unpaired) electrons. The lowest BCUT2D eigenvalue weighted by molar-refractivity contribution is 0.553. The summed E-state index contributed by atoms with van der Waals surface area (Å²) in [4.78, 5) is 0. The van der Waals surface area contributed by atoms with E-state index < -0.39 is 0 Å². The first kappa shape index (κ1) is 10.2. The maximum Gasteiger partial charge on any atom is 0.0701 e. The summed E-state index contributed by atoms with van der Waals surface area (Å²) < 4.78 is 1.21. The van der Waals surface area contributed by atoms with Gasteiger partial charge in [0.2, 0.25) is 0 Å². The molecule has 12 heavy (non-hydrogen) atoms. The van der Waals surface area contributed by atoms with Crippen LogP contribution in [0, 0.1) is 5.92 Å². The second-order valence-corrected chi connectivity index (χ2v) is 5.57. The Kier molecular flexibility index (Phi) is 4.26. The third-order valence-electron chi connectivity index (χ3n) is 1.50. The Balaban J connectivity index is 2.24. The number of rotatable bonds is 4. The van der Waals surface area contributed by atoms with Crippen molar-refractivity contribution in [2.24, 2.45) is 5.92 Å². The average Bonchev–Trinajstić information content (AvgIpc) is 2.35. The summed E-state index contributed by atoms with van der Waals surface area (Å²) in [6.07, 6.45) is 0. The van der Waals surface area contributed by atoms with Crippen molar-refractivity contribution in [3.63, 3.8) is 0 Å². The molecule has 0 saturated heterocycles. The van der Waals surface area contributed by atoms with E-state index in [0.717, 1.165) is 19.0 Å². The van der Waals surface area contributed by atoms with Crippen LogP contribution in [-0.2, 0) is 6.54 Å². The molecule has 0 aliphatic rings. The summed E-state index contributed by atoms with van der Waals surface area (Å²) in [5.74, 6) is 0.729. The van der Waals surface area contributed by atoms with E-state index in [9.17, 15) is 0 Å². The van der Waals surface area contributed by atoms with Gasteiger partial charge in [0.25, 0.3) is 0 Å². The molecule has 68 valence electrons. The fourth-order valence-corrected chi connectivity index (χ4v) is 2.15. The van der Waals surface area contributed by atoms with Gasteiger partial charge in [-0.3, -0.25) is 0 Å². The summed E-state index contributed by atoms with van der Waals surface area (Å²) >= 11 is 5.18. The quantitative estimate of drug-likeness (QED) is 0.862. The maximum absolute atomic E-state index is 3.44. The Morgan fingerprint density at radius 3 is 2.83 bits per heavy atom. The van der Waals surface area contributed by atoms with Crippen LogP contribution in [0.2, 0.25) is 0 Å². The van der Waals surface area contributed by atoms with Crippen LogP contribution in [0.3, 0.4) is 0 Å². The number of hydrogen-bond donors (Lipinski definition) is 1. The van der Waals surface area contributed by atoms with Gasteiger partial charge >= 0.3 is 0 Å². The molecule has 0 amide bonds. The molecular weight excluding hydrogens is 234 g/mol. The topological polar surface area (TPSA) is 12.0 Å². The molecule has 1 N–H and O–H groups in total. The van der Waals surface area contributed by atoms with Crippen molar-refractivity contribution in [1.82, 2.24) is 5.32 Å². The molecule has 1 aromatic rings. The highest BCUT2D eigenvalue weighted by Gasteiger charge is 1.97. The zero-order valence-corrected chi connectivity index (χ0v) is 9.83. The van der Waals surface area contributed by atoms with Crippen LogP contribution in [-0.4, -0.2) is 6.54 Å². The highest BCUT2D eigenvalue weighted by Crippen LogP contribution is 2.20. The van der Waals surface area contributed by atoms with Crippen LogP contribution in [0.1, 0.15) is 19.4 Å². The van der Waals surface area contributed by atoms with Gasteiger partial charge in [-0.2, -0.15) is 0 Å². The van der Waals surface area contributed by atoms with Gasteiger partial charge in [0.1, 0.15) is 0 Å². The van der Waals surface area contributed by atoms with E-state index in [-0.39, 0.29) is 0 Å². The van der Waals surface area contributed by atoms with Gasteiger partial charge < -0.3 is 5.32 Å². The Morgan fingerprint density at radius 2 is 2.33 bits per heavy atom. The second-order valence-electron chi connectivity index (χ2n) is 3.28. The highest BCUT2D eigenvalue weighted by molar-refractivity contribution is 9.11. The first-order valence-corrected chi connectivity index (χ1v) is 5.79. The third kappa shape index (κ3) is 3.70. The van der Waals surface area contributed by atoms with E-state index in [2.05, 4.69) is 46.5 Å². The van der Waals surface area contributed by atoms with Crippen molar-refractivity contribution >= 4 is 27.3 Å². The van der Waals surface area contributed by atoms with Crippen molar-refractivity contribution in [1.29, 1.82) is 0 Å². The van der Waals surface area contributed by atoms with Crippen LogP contribution in [0.15, 0.2) is 15.2 Å². The molecule has 0 aliphatic carbocycles. The van der Waals surface area contributed by atoms with Crippen molar-refractivity contribution in [2.45, 2.75) is 20.4 Å². The Morgan fingerprint density at radius 1 is 1.58 bits per heavy atom. The lowest BCUT2D eigenvalue weighted by Gasteiger charge is -2.05.